The van der Waals surface area contributed by atoms with Crippen molar-refractivity contribution < 1.29 is 4.79 Å². The van der Waals surface area contributed by atoms with Crippen LogP contribution >= 0.6 is 23.4 Å². The zero-order valence-electron chi connectivity index (χ0n) is 15.2. The Labute approximate surface area is 174 Å². The van der Waals surface area contributed by atoms with E-state index in [1.54, 1.807) is 24.3 Å². The summed E-state index contributed by atoms with van der Waals surface area (Å²) < 4.78 is 1.41. The van der Waals surface area contributed by atoms with E-state index in [-0.39, 0.29) is 28.7 Å². The molecule has 29 heavy (non-hydrogen) atoms. The van der Waals surface area contributed by atoms with E-state index in [0.717, 1.165) is 11.3 Å². The van der Waals surface area contributed by atoms with Crippen molar-refractivity contribution in [1.82, 2.24) is 24.8 Å². The van der Waals surface area contributed by atoms with Crippen LogP contribution in [0, 0.1) is 6.92 Å². The number of nitrogens with zero attached hydrogens (tertiary/aromatic N) is 4. The molecule has 0 saturated heterocycles. The quantitative estimate of drug-likeness (QED) is 0.475. The third-order valence-electron chi connectivity index (χ3n) is 4.12. The second-order valence-electron chi connectivity index (χ2n) is 6.18. The van der Waals surface area contributed by atoms with E-state index in [1.807, 2.05) is 31.2 Å². The molecule has 2 N–H and O–H groups in total. The van der Waals surface area contributed by atoms with Crippen LogP contribution in [0.4, 0.5) is 5.69 Å². The maximum absolute atomic E-state index is 12.3. The molecule has 2 aromatic heterocycles. The summed E-state index contributed by atoms with van der Waals surface area (Å²) in [5, 5.41) is 16.1. The van der Waals surface area contributed by atoms with Crippen molar-refractivity contribution in [3.8, 4) is 11.3 Å². The molecule has 0 aliphatic rings. The van der Waals surface area contributed by atoms with Crippen LogP contribution in [0.1, 0.15) is 5.56 Å². The number of halogens is 1. The molecule has 0 fully saturated rings. The molecule has 10 heteroatoms. The lowest BCUT2D eigenvalue weighted by molar-refractivity contribution is -0.113. The largest absolute Gasteiger partial charge is 0.325 e. The van der Waals surface area contributed by atoms with Crippen LogP contribution in [0.2, 0.25) is 5.02 Å². The number of hydrogen-bond acceptors (Lipinski definition) is 6. The predicted molar refractivity (Wildman–Crippen MR) is 112 cm³/mol. The smallest absolute Gasteiger partial charge is 0.279 e. The number of aromatic amines is 1. The van der Waals surface area contributed by atoms with Gasteiger partial charge in [-0.05, 0) is 30.7 Å². The molecular formula is C19H15ClN6O2S. The molecule has 0 radical (unpaired) electrons. The minimum absolute atomic E-state index is 0.117. The number of aromatic nitrogens is 5. The lowest BCUT2D eigenvalue weighted by Crippen LogP contribution is -2.17. The SMILES string of the molecule is Cc1ccccc1NC(=O)CSc1nnc2[nH]c(=O)c(-c3ccc(Cl)cc3)nn12. The van der Waals surface area contributed by atoms with E-state index in [4.69, 9.17) is 11.6 Å². The van der Waals surface area contributed by atoms with Crippen molar-refractivity contribution >= 4 is 40.7 Å². The highest BCUT2D eigenvalue weighted by Gasteiger charge is 2.15. The fourth-order valence-corrected chi connectivity index (χ4v) is 3.46. The van der Waals surface area contributed by atoms with Crippen LogP contribution < -0.4 is 10.9 Å². The molecule has 0 bridgehead atoms. The van der Waals surface area contributed by atoms with Crippen molar-refractivity contribution in [3.05, 3.63) is 69.5 Å². The van der Waals surface area contributed by atoms with Crippen molar-refractivity contribution in [3.63, 3.8) is 0 Å². The Hall–Kier alpha value is -3.17. The highest BCUT2D eigenvalue weighted by Crippen LogP contribution is 2.20. The third-order valence-corrected chi connectivity index (χ3v) is 5.29. The fourth-order valence-electron chi connectivity index (χ4n) is 2.66. The molecule has 0 unspecified atom stereocenters. The Morgan fingerprint density at radius 2 is 1.93 bits per heavy atom. The molecule has 2 heterocycles. The van der Waals surface area contributed by atoms with Gasteiger partial charge in [0.05, 0.1) is 5.75 Å². The topological polar surface area (TPSA) is 105 Å². The molecule has 0 aliphatic carbocycles. The van der Waals surface area contributed by atoms with Crippen LogP contribution in [0.15, 0.2) is 58.5 Å². The van der Waals surface area contributed by atoms with Gasteiger partial charge in [0, 0.05) is 16.3 Å². The van der Waals surface area contributed by atoms with E-state index in [1.165, 1.54) is 16.3 Å². The number of hydrogen-bond donors (Lipinski definition) is 2. The van der Waals surface area contributed by atoms with Crippen LogP contribution in [-0.2, 0) is 4.79 Å². The minimum Gasteiger partial charge on any atom is -0.325 e. The zero-order valence-corrected chi connectivity index (χ0v) is 16.8. The number of H-pyrrole nitrogens is 1. The summed E-state index contributed by atoms with van der Waals surface area (Å²) in [6.07, 6.45) is 0. The van der Waals surface area contributed by atoms with Crippen LogP contribution in [0.3, 0.4) is 0 Å². The van der Waals surface area contributed by atoms with Crippen LogP contribution in [0.25, 0.3) is 17.0 Å². The van der Waals surface area contributed by atoms with Crippen molar-refractivity contribution in [2.75, 3.05) is 11.1 Å². The summed E-state index contributed by atoms with van der Waals surface area (Å²) in [4.78, 5) is 27.3. The van der Waals surface area contributed by atoms with E-state index in [0.29, 0.717) is 15.7 Å². The Kier molecular flexibility index (Phi) is 5.32. The molecule has 0 atom stereocenters. The van der Waals surface area contributed by atoms with Gasteiger partial charge in [0.2, 0.25) is 11.1 Å². The average molecular weight is 427 g/mol. The highest BCUT2D eigenvalue weighted by molar-refractivity contribution is 7.99. The van der Waals surface area contributed by atoms with Gasteiger partial charge in [-0.2, -0.15) is 9.61 Å². The Morgan fingerprint density at radius 1 is 1.17 bits per heavy atom. The Morgan fingerprint density at radius 3 is 2.69 bits per heavy atom. The first kappa shape index (κ1) is 19.2. The number of anilines is 1. The number of rotatable bonds is 5. The standard InChI is InChI=1S/C19H15ClN6O2S/c1-11-4-2-3-5-14(11)21-15(27)10-29-19-24-23-18-22-17(28)16(25-26(18)19)12-6-8-13(20)9-7-12/h2-9H,10H2,1H3,(H,21,27)(H,22,23,28). The van der Waals surface area contributed by atoms with E-state index in [9.17, 15) is 9.59 Å². The lowest BCUT2D eigenvalue weighted by Gasteiger charge is -2.07. The highest BCUT2D eigenvalue weighted by atomic mass is 35.5. The number of benzene rings is 2. The van der Waals surface area contributed by atoms with Gasteiger partial charge >= 0.3 is 0 Å². The lowest BCUT2D eigenvalue weighted by atomic mass is 10.2. The van der Waals surface area contributed by atoms with E-state index in [2.05, 4.69) is 25.6 Å². The summed E-state index contributed by atoms with van der Waals surface area (Å²) in [5.41, 5.74) is 2.17. The summed E-state index contributed by atoms with van der Waals surface area (Å²) >= 11 is 7.08. The second-order valence-corrected chi connectivity index (χ2v) is 7.56. The fraction of sp³-hybridized carbons (Fsp3) is 0.105. The van der Waals surface area contributed by atoms with Crippen molar-refractivity contribution in [1.29, 1.82) is 0 Å². The maximum Gasteiger partial charge on any atom is 0.279 e. The number of aryl methyl sites for hydroxylation is 1. The second kappa shape index (κ2) is 8.06. The number of fused-ring (bicyclic) bond motifs is 1. The first-order chi connectivity index (χ1) is 14.0. The van der Waals surface area contributed by atoms with Gasteiger partial charge in [-0.3, -0.25) is 14.6 Å². The first-order valence-electron chi connectivity index (χ1n) is 8.61. The molecule has 1 amide bonds. The average Bonchev–Trinajstić information content (AvgIpc) is 3.10. The maximum atomic E-state index is 12.3. The van der Waals surface area contributed by atoms with Gasteiger partial charge in [-0.1, -0.05) is 53.7 Å². The normalized spacial score (nSPS) is 11.0. The predicted octanol–water partition coefficient (Wildman–Crippen LogP) is 3.17. The van der Waals surface area contributed by atoms with E-state index >= 15 is 0 Å². The van der Waals surface area contributed by atoms with Crippen LogP contribution in [0.5, 0.6) is 0 Å². The molecule has 2 aromatic carbocycles. The summed E-state index contributed by atoms with van der Waals surface area (Å²) in [6, 6.07) is 14.3. The summed E-state index contributed by atoms with van der Waals surface area (Å²) in [7, 11) is 0. The van der Waals surface area contributed by atoms with Crippen LogP contribution in [-0.4, -0.2) is 36.5 Å². The van der Waals surface area contributed by atoms with Gasteiger partial charge in [0.15, 0.2) is 5.69 Å². The van der Waals surface area contributed by atoms with Gasteiger partial charge in [0.1, 0.15) is 0 Å². The summed E-state index contributed by atoms with van der Waals surface area (Å²) in [5.74, 6) is 0.143. The molecule has 8 nitrogen and oxygen atoms in total. The van der Waals surface area contributed by atoms with Gasteiger partial charge < -0.3 is 5.32 Å². The number of carbonyl (C=O) groups is 1. The van der Waals surface area contributed by atoms with Gasteiger partial charge in [-0.15, -0.1) is 10.2 Å². The molecule has 146 valence electrons. The molecular weight excluding hydrogens is 412 g/mol. The molecule has 0 saturated carbocycles. The van der Waals surface area contributed by atoms with E-state index < -0.39 is 0 Å². The number of carbonyl (C=O) groups excluding carboxylic acids is 1. The summed E-state index contributed by atoms with van der Waals surface area (Å²) in [6.45, 7) is 1.92. The minimum atomic E-state index is -0.388. The molecule has 0 spiro atoms. The number of amides is 1. The number of para-hydroxylation sites is 1. The number of nitrogens with one attached hydrogen (secondary N) is 2. The molecule has 4 aromatic rings. The van der Waals surface area contributed by atoms with Gasteiger partial charge in [0.25, 0.3) is 11.3 Å². The van der Waals surface area contributed by atoms with Crippen molar-refractivity contribution in [2.45, 2.75) is 12.1 Å². The first-order valence-corrected chi connectivity index (χ1v) is 9.97. The zero-order chi connectivity index (χ0) is 20.4. The van der Waals surface area contributed by atoms with Crippen molar-refractivity contribution in [2.24, 2.45) is 0 Å². The molecule has 0 aliphatic heterocycles. The molecule has 4 rings (SSSR count). The Bertz CT molecular complexity index is 1250. The Balaban J connectivity index is 1.56. The van der Waals surface area contributed by atoms with Gasteiger partial charge in [-0.25, -0.2) is 0 Å². The third kappa shape index (κ3) is 4.15. The monoisotopic (exact) mass is 426 g/mol. The number of thioether (sulfide) groups is 1.